The highest BCUT2D eigenvalue weighted by atomic mass is 16.5. The predicted molar refractivity (Wildman–Crippen MR) is 131 cm³/mol. The summed E-state index contributed by atoms with van der Waals surface area (Å²) in [5.41, 5.74) is 1.15. The van der Waals surface area contributed by atoms with Gasteiger partial charge in [-0.15, -0.1) is 0 Å². The molecule has 1 amide bonds. The van der Waals surface area contributed by atoms with Crippen molar-refractivity contribution in [2.24, 2.45) is 11.8 Å². The molecule has 184 valence electrons. The number of hydrogen-bond donors (Lipinski definition) is 1. The van der Waals surface area contributed by atoms with Gasteiger partial charge in [-0.2, -0.15) is 0 Å². The first kappa shape index (κ1) is 24.3. The van der Waals surface area contributed by atoms with Crippen LogP contribution >= 0.6 is 0 Å². The van der Waals surface area contributed by atoms with Crippen LogP contribution in [0.1, 0.15) is 36.0 Å². The zero-order valence-corrected chi connectivity index (χ0v) is 20.1. The van der Waals surface area contributed by atoms with E-state index in [-0.39, 0.29) is 28.9 Å². The van der Waals surface area contributed by atoms with Gasteiger partial charge < -0.3 is 19.5 Å². The van der Waals surface area contributed by atoms with E-state index >= 15 is 0 Å². The molecule has 0 aliphatic heterocycles. The molecule has 1 aromatic heterocycles. The molecule has 1 aliphatic carbocycles. The minimum atomic E-state index is -0.584. The van der Waals surface area contributed by atoms with Crippen LogP contribution in [-0.2, 0) is 16.1 Å². The van der Waals surface area contributed by atoms with Crippen molar-refractivity contribution in [3.05, 3.63) is 58.6 Å². The average molecular weight is 480 g/mol. The Morgan fingerprint density at radius 3 is 2.40 bits per heavy atom. The van der Waals surface area contributed by atoms with Crippen molar-refractivity contribution in [3.8, 4) is 11.5 Å². The first-order chi connectivity index (χ1) is 16.9. The molecule has 2 aromatic carbocycles. The van der Waals surface area contributed by atoms with Crippen molar-refractivity contribution < 1.29 is 23.8 Å². The number of carbonyl (C=O) groups is 2. The smallest absolute Gasteiger partial charge is 0.340 e. The average Bonchev–Trinajstić information content (AvgIpc) is 2.90. The lowest BCUT2D eigenvalue weighted by atomic mass is 9.81. The number of anilines is 1. The second kappa shape index (κ2) is 10.6. The summed E-state index contributed by atoms with van der Waals surface area (Å²) >= 11 is 0. The van der Waals surface area contributed by atoms with Crippen LogP contribution in [0, 0.1) is 11.8 Å². The van der Waals surface area contributed by atoms with Crippen LogP contribution in [0.15, 0.2) is 47.5 Å². The number of fused-ring (bicyclic) bond motifs is 1. The molecule has 0 atom stereocenters. The molecule has 0 unspecified atom stereocenters. The Morgan fingerprint density at radius 2 is 1.71 bits per heavy atom. The summed E-state index contributed by atoms with van der Waals surface area (Å²) in [6, 6.07) is 10.4. The van der Waals surface area contributed by atoms with Crippen LogP contribution in [0.2, 0.25) is 0 Å². The third-order valence-corrected chi connectivity index (χ3v) is 6.59. The van der Waals surface area contributed by atoms with Gasteiger partial charge in [0.2, 0.25) is 5.91 Å². The lowest BCUT2D eigenvalue weighted by molar-refractivity contribution is -0.121. The van der Waals surface area contributed by atoms with Gasteiger partial charge in [-0.3, -0.25) is 14.2 Å². The molecule has 1 fully saturated rings. The number of benzene rings is 2. The topological polar surface area (TPSA) is 109 Å². The SMILES string of the molecule is COC(=O)c1cc(OC)c(OC)cc1NC(=O)C1CCC(Cn2cnc3ccccc3c2=O)CC1. The van der Waals surface area contributed by atoms with E-state index in [1.165, 1.54) is 27.4 Å². The number of rotatable bonds is 7. The molecule has 3 aromatic rings. The second-order valence-electron chi connectivity index (χ2n) is 8.67. The van der Waals surface area contributed by atoms with E-state index < -0.39 is 5.97 Å². The Labute approximate surface area is 203 Å². The fraction of sp³-hybridized carbons (Fsp3) is 0.385. The van der Waals surface area contributed by atoms with Gasteiger partial charge >= 0.3 is 5.97 Å². The second-order valence-corrected chi connectivity index (χ2v) is 8.67. The van der Waals surface area contributed by atoms with Crippen LogP contribution < -0.4 is 20.3 Å². The van der Waals surface area contributed by atoms with Gasteiger partial charge in [-0.05, 0) is 43.7 Å². The first-order valence-electron chi connectivity index (χ1n) is 11.5. The molecule has 1 heterocycles. The van der Waals surface area contributed by atoms with Crippen molar-refractivity contribution in [1.82, 2.24) is 9.55 Å². The third-order valence-electron chi connectivity index (χ3n) is 6.59. The Kier molecular flexibility index (Phi) is 7.33. The molecule has 0 spiro atoms. The summed E-state index contributed by atoms with van der Waals surface area (Å²) in [6.45, 7) is 0.577. The fourth-order valence-electron chi connectivity index (χ4n) is 4.62. The number of carbonyl (C=O) groups excluding carboxylic acids is 2. The van der Waals surface area contributed by atoms with Crippen molar-refractivity contribution in [1.29, 1.82) is 0 Å². The van der Waals surface area contributed by atoms with Gasteiger partial charge in [-0.1, -0.05) is 12.1 Å². The van der Waals surface area contributed by atoms with Crippen LogP contribution in [0.25, 0.3) is 10.9 Å². The summed E-state index contributed by atoms with van der Waals surface area (Å²) in [4.78, 5) is 42.5. The monoisotopic (exact) mass is 479 g/mol. The number of esters is 1. The Hall–Kier alpha value is -3.88. The number of aromatic nitrogens is 2. The maximum Gasteiger partial charge on any atom is 0.340 e. The molecule has 0 radical (unpaired) electrons. The highest BCUT2D eigenvalue weighted by Gasteiger charge is 2.28. The molecule has 0 bridgehead atoms. The van der Waals surface area contributed by atoms with E-state index in [9.17, 15) is 14.4 Å². The van der Waals surface area contributed by atoms with Gasteiger partial charge in [-0.25, -0.2) is 9.78 Å². The van der Waals surface area contributed by atoms with E-state index in [2.05, 4.69) is 10.3 Å². The Balaban J connectivity index is 1.42. The van der Waals surface area contributed by atoms with Crippen molar-refractivity contribution in [2.45, 2.75) is 32.2 Å². The van der Waals surface area contributed by atoms with E-state index in [0.717, 1.165) is 12.8 Å². The molecule has 35 heavy (non-hydrogen) atoms. The van der Waals surface area contributed by atoms with Gasteiger partial charge in [0.05, 0.1) is 49.8 Å². The first-order valence-corrected chi connectivity index (χ1v) is 11.5. The van der Waals surface area contributed by atoms with Crippen LogP contribution in [-0.4, -0.2) is 42.8 Å². The summed E-state index contributed by atoms with van der Waals surface area (Å²) in [5.74, 6) is 0.103. The lowest BCUT2D eigenvalue weighted by Crippen LogP contribution is -2.31. The summed E-state index contributed by atoms with van der Waals surface area (Å²) < 4.78 is 17.1. The van der Waals surface area contributed by atoms with Gasteiger partial charge in [0, 0.05) is 24.6 Å². The largest absolute Gasteiger partial charge is 0.493 e. The maximum absolute atomic E-state index is 13.0. The quantitative estimate of drug-likeness (QED) is 0.515. The third kappa shape index (κ3) is 5.13. The molecule has 1 aliphatic rings. The molecular formula is C26H29N3O6. The Morgan fingerprint density at radius 1 is 1.03 bits per heavy atom. The molecule has 9 heteroatoms. The fourth-order valence-corrected chi connectivity index (χ4v) is 4.62. The summed E-state index contributed by atoms with van der Waals surface area (Å²) in [6.07, 6.45) is 4.61. The molecule has 1 N–H and O–H groups in total. The zero-order valence-electron chi connectivity index (χ0n) is 20.1. The highest BCUT2D eigenvalue weighted by molar-refractivity contribution is 6.02. The number of para-hydroxylation sites is 1. The number of nitrogens with one attached hydrogen (secondary N) is 1. The lowest BCUT2D eigenvalue weighted by Gasteiger charge is -2.28. The number of methoxy groups -OCH3 is 3. The Bertz CT molecular complexity index is 1290. The number of amides is 1. The van der Waals surface area contributed by atoms with Gasteiger partial charge in [0.15, 0.2) is 11.5 Å². The predicted octanol–water partition coefficient (Wildman–Crippen LogP) is 3.65. The van der Waals surface area contributed by atoms with Gasteiger partial charge in [0.25, 0.3) is 5.56 Å². The highest BCUT2D eigenvalue weighted by Crippen LogP contribution is 2.35. The van der Waals surface area contributed by atoms with Crippen LogP contribution in [0.4, 0.5) is 5.69 Å². The molecular weight excluding hydrogens is 450 g/mol. The molecule has 1 saturated carbocycles. The minimum Gasteiger partial charge on any atom is -0.493 e. The molecule has 4 rings (SSSR count). The number of ether oxygens (including phenoxy) is 3. The van der Waals surface area contributed by atoms with Crippen molar-refractivity contribution >= 4 is 28.5 Å². The number of nitrogens with zero attached hydrogens (tertiary/aromatic N) is 2. The normalized spacial score (nSPS) is 17.6. The van der Waals surface area contributed by atoms with E-state index in [1.807, 2.05) is 18.2 Å². The van der Waals surface area contributed by atoms with Crippen molar-refractivity contribution in [2.75, 3.05) is 26.6 Å². The molecule has 0 saturated heterocycles. The summed E-state index contributed by atoms with van der Waals surface area (Å²) in [7, 11) is 4.24. The maximum atomic E-state index is 13.0. The van der Waals surface area contributed by atoms with Crippen molar-refractivity contribution in [3.63, 3.8) is 0 Å². The van der Waals surface area contributed by atoms with E-state index in [4.69, 9.17) is 14.2 Å². The van der Waals surface area contributed by atoms with Gasteiger partial charge in [0.1, 0.15) is 0 Å². The van der Waals surface area contributed by atoms with E-state index in [1.54, 1.807) is 23.0 Å². The molecule has 9 nitrogen and oxygen atoms in total. The minimum absolute atomic E-state index is 0.0424. The van der Waals surface area contributed by atoms with Crippen LogP contribution in [0.5, 0.6) is 11.5 Å². The number of hydrogen-bond acceptors (Lipinski definition) is 7. The standard InChI is InChI=1S/C26H29N3O6/c1-33-22-12-19(26(32)35-3)21(13-23(22)34-2)28-24(30)17-10-8-16(9-11-17)14-29-15-27-20-7-5-4-6-18(20)25(29)31/h4-7,12-13,15-17H,8-11,14H2,1-3H3,(H,28,30). The summed E-state index contributed by atoms with van der Waals surface area (Å²) in [5, 5.41) is 3.49. The zero-order chi connectivity index (χ0) is 24.9. The van der Waals surface area contributed by atoms with E-state index in [0.29, 0.717) is 47.5 Å². The van der Waals surface area contributed by atoms with Crippen LogP contribution in [0.3, 0.4) is 0 Å².